The number of hydrogen-bond acceptors (Lipinski definition) is 3. The molecule has 0 unspecified atom stereocenters. The highest BCUT2D eigenvalue weighted by atomic mass is 16.5. The van der Waals surface area contributed by atoms with Crippen LogP contribution in [0.25, 0.3) is 0 Å². The topological polar surface area (TPSA) is 58.6 Å². The van der Waals surface area contributed by atoms with Crippen molar-refractivity contribution < 1.29 is 14.6 Å². The lowest BCUT2D eigenvalue weighted by Crippen LogP contribution is -1.99. The first-order chi connectivity index (χ1) is 7.61. The zero-order valence-corrected chi connectivity index (χ0v) is 9.36. The minimum atomic E-state index is -0.962. The zero-order chi connectivity index (χ0) is 12.0. The summed E-state index contributed by atoms with van der Waals surface area (Å²) in [5, 5.41) is 11.5. The number of carboxylic acids is 1. The van der Waals surface area contributed by atoms with Crippen LogP contribution in [0.2, 0.25) is 0 Å². The second-order valence-corrected chi connectivity index (χ2v) is 3.25. The summed E-state index contributed by atoms with van der Waals surface area (Å²) in [5.41, 5.74) is 1.41. The molecule has 0 aromatic heterocycles. The predicted molar refractivity (Wildman–Crippen MR) is 62.6 cm³/mol. The zero-order valence-electron chi connectivity index (χ0n) is 9.36. The summed E-state index contributed by atoms with van der Waals surface area (Å²) in [6.45, 7) is 4.25. The van der Waals surface area contributed by atoms with Crippen LogP contribution in [0.15, 0.2) is 36.0 Å². The molecule has 0 bridgehead atoms. The highest BCUT2D eigenvalue weighted by molar-refractivity contribution is 5.81. The third-order valence-corrected chi connectivity index (χ3v) is 1.85. The average Bonchev–Trinajstić information content (AvgIpc) is 2.20. The van der Waals surface area contributed by atoms with Crippen LogP contribution >= 0.6 is 0 Å². The molecule has 1 aromatic carbocycles. The monoisotopic (exact) mass is 221 g/mol. The summed E-state index contributed by atoms with van der Waals surface area (Å²) in [6, 6.07) is 7.34. The Balaban J connectivity index is 2.65. The quantitative estimate of drug-likeness (QED) is 0.750. The van der Waals surface area contributed by atoms with Gasteiger partial charge in [-0.15, -0.1) is 0 Å². The van der Waals surface area contributed by atoms with E-state index in [1.807, 2.05) is 31.2 Å². The van der Waals surface area contributed by atoms with E-state index in [9.17, 15) is 4.79 Å². The van der Waals surface area contributed by atoms with E-state index in [2.05, 4.69) is 5.32 Å². The molecule has 4 nitrogen and oxygen atoms in total. The Bertz CT molecular complexity index is 382. The van der Waals surface area contributed by atoms with Crippen molar-refractivity contribution in [2.75, 3.05) is 11.9 Å². The Morgan fingerprint density at radius 2 is 2.06 bits per heavy atom. The molecule has 0 saturated carbocycles. The SMILES string of the molecule is CCOc1ccc(N/C(C)=C\C(=O)O)cc1. The predicted octanol–water partition coefficient (Wildman–Crippen LogP) is 2.49. The van der Waals surface area contributed by atoms with Crippen LogP contribution < -0.4 is 10.1 Å². The van der Waals surface area contributed by atoms with Crippen molar-refractivity contribution in [2.24, 2.45) is 0 Å². The molecule has 0 aliphatic rings. The molecule has 1 aromatic rings. The number of allylic oxidation sites excluding steroid dienone is 1. The number of aliphatic carboxylic acids is 1. The number of carbonyl (C=O) groups is 1. The maximum Gasteiger partial charge on any atom is 0.330 e. The molecular weight excluding hydrogens is 206 g/mol. The Labute approximate surface area is 94.6 Å². The second kappa shape index (κ2) is 5.80. The minimum absolute atomic E-state index is 0.580. The minimum Gasteiger partial charge on any atom is -0.494 e. The molecule has 0 amide bonds. The molecule has 0 atom stereocenters. The molecule has 4 heteroatoms. The lowest BCUT2D eigenvalue weighted by Gasteiger charge is -2.07. The molecule has 0 spiro atoms. The Hall–Kier alpha value is -1.97. The van der Waals surface area contributed by atoms with Crippen LogP contribution in [0.1, 0.15) is 13.8 Å². The van der Waals surface area contributed by atoms with Gasteiger partial charge in [0.2, 0.25) is 0 Å². The third kappa shape index (κ3) is 4.04. The van der Waals surface area contributed by atoms with Gasteiger partial charge in [-0.3, -0.25) is 0 Å². The van der Waals surface area contributed by atoms with Crippen LogP contribution in [0.5, 0.6) is 5.75 Å². The summed E-state index contributed by atoms with van der Waals surface area (Å²) >= 11 is 0. The molecule has 0 saturated heterocycles. The smallest absolute Gasteiger partial charge is 0.330 e. The van der Waals surface area contributed by atoms with Gasteiger partial charge in [0, 0.05) is 17.5 Å². The van der Waals surface area contributed by atoms with Gasteiger partial charge in [-0.05, 0) is 38.1 Å². The lowest BCUT2D eigenvalue weighted by molar-refractivity contribution is -0.131. The Morgan fingerprint density at radius 3 is 2.56 bits per heavy atom. The normalized spacial score (nSPS) is 11.0. The number of rotatable bonds is 5. The van der Waals surface area contributed by atoms with Gasteiger partial charge in [-0.25, -0.2) is 4.79 Å². The molecule has 0 aliphatic carbocycles. The van der Waals surface area contributed by atoms with E-state index < -0.39 is 5.97 Å². The molecule has 0 heterocycles. The van der Waals surface area contributed by atoms with E-state index in [0.29, 0.717) is 12.3 Å². The summed E-state index contributed by atoms with van der Waals surface area (Å²) in [4.78, 5) is 10.4. The number of hydrogen-bond donors (Lipinski definition) is 2. The van der Waals surface area contributed by atoms with E-state index in [4.69, 9.17) is 9.84 Å². The van der Waals surface area contributed by atoms with Gasteiger partial charge in [0.05, 0.1) is 6.61 Å². The maximum absolute atomic E-state index is 10.4. The molecule has 16 heavy (non-hydrogen) atoms. The van der Waals surface area contributed by atoms with Gasteiger partial charge in [0.15, 0.2) is 0 Å². The van der Waals surface area contributed by atoms with E-state index in [1.165, 1.54) is 0 Å². The van der Waals surface area contributed by atoms with Crippen LogP contribution in [0.4, 0.5) is 5.69 Å². The maximum atomic E-state index is 10.4. The van der Waals surface area contributed by atoms with Crippen molar-refractivity contribution in [3.05, 3.63) is 36.0 Å². The van der Waals surface area contributed by atoms with Crippen LogP contribution in [0, 0.1) is 0 Å². The van der Waals surface area contributed by atoms with Gasteiger partial charge >= 0.3 is 5.97 Å². The van der Waals surface area contributed by atoms with Crippen LogP contribution in [-0.4, -0.2) is 17.7 Å². The molecule has 0 radical (unpaired) electrons. The van der Waals surface area contributed by atoms with Gasteiger partial charge in [0.25, 0.3) is 0 Å². The van der Waals surface area contributed by atoms with E-state index in [-0.39, 0.29) is 0 Å². The number of carboxylic acid groups (broad SMARTS) is 1. The summed E-state index contributed by atoms with van der Waals surface area (Å²) < 4.78 is 5.29. The summed E-state index contributed by atoms with van der Waals surface area (Å²) in [7, 11) is 0. The Kier molecular flexibility index (Phi) is 4.39. The Morgan fingerprint density at radius 1 is 1.44 bits per heavy atom. The summed E-state index contributed by atoms with van der Waals surface area (Å²) in [5.74, 6) is -0.163. The highest BCUT2D eigenvalue weighted by Gasteiger charge is 1.97. The highest BCUT2D eigenvalue weighted by Crippen LogP contribution is 2.16. The fraction of sp³-hybridized carbons (Fsp3) is 0.250. The number of nitrogens with one attached hydrogen (secondary N) is 1. The average molecular weight is 221 g/mol. The van der Waals surface area contributed by atoms with Crippen molar-refractivity contribution in [1.29, 1.82) is 0 Å². The molecule has 0 aliphatic heterocycles. The molecule has 86 valence electrons. The number of anilines is 1. The molecule has 1 rings (SSSR count). The van der Waals surface area contributed by atoms with Gasteiger partial charge < -0.3 is 15.2 Å². The molecular formula is C12H15NO3. The first kappa shape index (κ1) is 12.1. The van der Waals surface area contributed by atoms with Crippen molar-refractivity contribution in [1.82, 2.24) is 0 Å². The van der Waals surface area contributed by atoms with E-state index in [1.54, 1.807) is 6.92 Å². The summed E-state index contributed by atoms with van der Waals surface area (Å²) in [6.07, 6.45) is 1.12. The standard InChI is InChI=1S/C12H15NO3/c1-3-16-11-6-4-10(5-7-11)13-9(2)8-12(14)15/h4-8,13H,3H2,1-2H3,(H,14,15)/b9-8-. The first-order valence-corrected chi connectivity index (χ1v) is 5.03. The number of ether oxygens (including phenoxy) is 1. The van der Waals surface area contributed by atoms with Gasteiger partial charge in [-0.2, -0.15) is 0 Å². The molecule has 0 fully saturated rings. The van der Waals surface area contributed by atoms with E-state index in [0.717, 1.165) is 17.5 Å². The lowest BCUT2D eigenvalue weighted by atomic mass is 10.3. The van der Waals surface area contributed by atoms with Crippen molar-refractivity contribution in [3.63, 3.8) is 0 Å². The van der Waals surface area contributed by atoms with Crippen molar-refractivity contribution in [2.45, 2.75) is 13.8 Å². The van der Waals surface area contributed by atoms with Crippen molar-refractivity contribution in [3.8, 4) is 5.75 Å². The van der Waals surface area contributed by atoms with Gasteiger partial charge in [-0.1, -0.05) is 0 Å². The van der Waals surface area contributed by atoms with Crippen LogP contribution in [0.3, 0.4) is 0 Å². The fourth-order valence-corrected chi connectivity index (χ4v) is 1.25. The van der Waals surface area contributed by atoms with Crippen molar-refractivity contribution >= 4 is 11.7 Å². The van der Waals surface area contributed by atoms with E-state index >= 15 is 0 Å². The van der Waals surface area contributed by atoms with Gasteiger partial charge in [0.1, 0.15) is 5.75 Å². The largest absolute Gasteiger partial charge is 0.494 e. The number of benzene rings is 1. The second-order valence-electron chi connectivity index (χ2n) is 3.25. The first-order valence-electron chi connectivity index (χ1n) is 5.03. The van der Waals surface area contributed by atoms with Crippen LogP contribution in [-0.2, 0) is 4.79 Å². The third-order valence-electron chi connectivity index (χ3n) is 1.85. The molecule has 2 N–H and O–H groups in total. The fourth-order valence-electron chi connectivity index (χ4n) is 1.25.